The summed E-state index contributed by atoms with van der Waals surface area (Å²) in [7, 11) is 0. The maximum atomic E-state index is 12.3. The number of pyridine rings is 1. The number of nitrogens with zero attached hydrogens (tertiary/aromatic N) is 1. The van der Waals surface area contributed by atoms with Gasteiger partial charge in [-0.1, -0.05) is 0 Å². The van der Waals surface area contributed by atoms with Crippen molar-refractivity contribution in [3.8, 4) is 5.75 Å². The molecule has 1 aromatic rings. The van der Waals surface area contributed by atoms with Crippen molar-refractivity contribution in [3.05, 3.63) is 21.9 Å². The Bertz CT molecular complexity index is 386. The molecule has 0 amide bonds. The standard InChI is InChI=1S/C7H3BrClF2NO2/c8-2-1-3(6(9)14)12-4(5(2)13)7(10)11/h1,7,13H. The predicted molar refractivity (Wildman–Crippen MR) is 48.7 cm³/mol. The van der Waals surface area contributed by atoms with Crippen molar-refractivity contribution < 1.29 is 18.7 Å². The summed E-state index contributed by atoms with van der Waals surface area (Å²) in [6.45, 7) is 0. The molecule has 0 aliphatic rings. The van der Waals surface area contributed by atoms with Crippen molar-refractivity contribution in [1.82, 2.24) is 4.98 Å². The number of alkyl halides is 2. The number of hydrogen-bond donors (Lipinski definition) is 1. The molecule has 1 aromatic heterocycles. The number of rotatable bonds is 2. The third-order valence-corrected chi connectivity index (χ3v) is 2.18. The Morgan fingerprint density at radius 1 is 1.64 bits per heavy atom. The lowest BCUT2D eigenvalue weighted by atomic mass is 10.3. The fourth-order valence-electron chi connectivity index (χ4n) is 0.779. The molecule has 0 fully saturated rings. The van der Waals surface area contributed by atoms with Crippen LogP contribution < -0.4 is 0 Å². The quantitative estimate of drug-likeness (QED) is 0.851. The van der Waals surface area contributed by atoms with E-state index in [1.807, 2.05) is 0 Å². The van der Waals surface area contributed by atoms with Gasteiger partial charge in [0.05, 0.1) is 4.47 Å². The SMILES string of the molecule is O=C(Cl)c1cc(Br)c(O)c(C(F)F)n1. The van der Waals surface area contributed by atoms with Gasteiger partial charge < -0.3 is 5.11 Å². The maximum Gasteiger partial charge on any atom is 0.284 e. The topological polar surface area (TPSA) is 50.2 Å². The van der Waals surface area contributed by atoms with Crippen LogP contribution in [0.1, 0.15) is 22.6 Å². The molecule has 0 radical (unpaired) electrons. The highest BCUT2D eigenvalue weighted by atomic mass is 79.9. The van der Waals surface area contributed by atoms with Crippen LogP contribution >= 0.6 is 27.5 Å². The summed E-state index contributed by atoms with van der Waals surface area (Å²) < 4.78 is 24.5. The Labute approximate surface area is 90.8 Å². The van der Waals surface area contributed by atoms with E-state index in [4.69, 9.17) is 16.7 Å². The first-order valence-electron chi connectivity index (χ1n) is 3.31. The third-order valence-electron chi connectivity index (χ3n) is 1.38. The van der Waals surface area contributed by atoms with Gasteiger partial charge in [-0.25, -0.2) is 13.8 Å². The number of hydrogen-bond acceptors (Lipinski definition) is 3. The molecule has 3 nitrogen and oxygen atoms in total. The molecule has 14 heavy (non-hydrogen) atoms. The van der Waals surface area contributed by atoms with E-state index in [0.29, 0.717) is 0 Å². The number of aromatic hydroxyl groups is 1. The van der Waals surface area contributed by atoms with Crippen LogP contribution in [0.25, 0.3) is 0 Å². The van der Waals surface area contributed by atoms with Crippen LogP contribution in [0, 0.1) is 0 Å². The minimum absolute atomic E-state index is 0.0493. The van der Waals surface area contributed by atoms with Gasteiger partial charge in [0, 0.05) is 0 Å². The Morgan fingerprint density at radius 3 is 2.64 bits per heavy atom. The molecule has 1 rings (SSSR count). The second-order valence-electron chi connectivity index (χ2n) is 2.30. The van der Waals surface area contributed by atoms with Gasteiger partial charge in [0.25, 0.3) is 11.7 Å². The molecule has 7 heteroatoms. The minimum atomic E-state index is -2.97. The molecule has 0 spiro atoms. The Kier molecular flexibility index (Phi) is 3.38. The zero-order valence-corrected chi connectivity index (χ0v) is 8.81. The van der Waals surface area contributed by atoms with Crippen molar-refractivity contribution in [2.24, 2.45) is 0 Å². The predicted octanol–water partition coefficient (Wildman–Crippen LogP) is 2.87. The average Bonchev–Trinajstić information content (AvgIpc) is 2.08. The molecule has 0 atom stereocenters. The summed E-state index contributed by atoms with van der Waals surface area (Å²) >= 11 is 7.85. The number of halogens is 4. The zero-order valence-electron chi connectivity index (χ0n) is 6.47. The molecule has 0 aliphatic heterocycles. The van der Waals surface area contributed by atoms with E-state index >= 15 is 0 Å². The normalized spacial score (nSPS) is 10.6. The number of carbonyl (C=O) groups excluding carboxylic acids is 1. The van der Waals surface area contributed by atoms with Gasteiger partial charge in [0.1, 0.15) is 11.4 Å². The fraction of sp³-hybridized carbons (Fsp3) is 0.143. The summed E-state index contributed by atoms with van der Waals surface area (Å²) in [4.78, 5) is 13.9. The van der Waals surface area contributed by atoms with Gasteiger partial charge in [-0.05, 0) is 33.6 Å². The van der Waals surface area contributed by atoms with E-state index < -0.39 is 23.1 Å². The number of aromatic nitrogens is 1. The van der Waals surface area contributed by atoms with Gasteiger partial charge in [-0.15, -0.1) is 0 Å². The highest BCUT2D eigenvalue weighted by Crippen LogP contribution is 2.33. The maximum absolute atomic E-state index is 12.3. The molecule has 1 heterocycles. The molecule has 76 valence electrons. The average molecular weight is 286 g/mol. The van der Waals surface area contributed by atoms with Crippen LogP contribution in [0.15, 0.2) is 10.5 Å². The summed E-state index contributed by atoms with van der Waals surface area (Å²) in [6.07, 6.45) is -2.97. The first kappa shape index (κ1) is 11.3. The smallest absolute Gasteiger partial charge is 0.284 e. The fourth-order valence-corrected chi connectivity index (χ4v) is 1.30. The van der Waals surface area contributed by atoms with Gasteiger partial charge in [0.2, 0.25) is 0 Å². The lowest BCUT2D eigenvalue weighted by Crippen LogP contribution is -2.00. The van der Waals surface area contributed by atoms with Crippen LogP contribution in [0.2, 0.25) is 0 Å². The van der Waals surface area contributed by atoms with E-state index in [1.54, 1.807) is 0 Å². The van der Waals surface area contributed by atoms with Crippen LogP contribution in [-0.4, -0.2) is 15.3 Å². The highest BCUT2D eigenvalue weighted by Gasteiger charge is 2.20. The highest BCUT2D eigenvalue weighted by molar-refractivity contribution is 9.10. The lowest BCUT2D eigenvalue weighted by Gasteiger charge is -2.05. The van der Waals surface area contributed by atoms with Crippen molar-refractivity contribution in [2.75, 3.05) is 0 Å². The molecule has 0 saturated carbocycles. The van der Waals surface area contributed by atoms with E-state index in [0.717, 1.165) is 6.07 Å². The largest absolute Gasteiger partial charge is 0.505 e. The van der Waals surface area contributed by atoms with Crippen LogP contribution in [0.5, 0.6) is 5.75 Å². The van der Waals surface area contributed by atoms with E-state index in [2.05, 4.69) is 20.9 Å². The number of carbonyl (C=O) groups is 1. The summed E-state index contributed by atoms with van der Waals surface area (Å²) in [6, 6.07) is 1.07. The first-order chi connectivity index (χ1) is 6.43. The second kappa shape index (κ2) is 4.18. The molecular formula is C7H3BrClF2NO2. The molecule has 0 aliphatic carbocycles. The van der Waals surface area contributed by atoms with Crippen molar-refractivity contribution in [3.63, 3.8) is 0 Å². The molecule has 0 unspecified atom stereocenters. The summed E-state index contributed by atoms with van der Waals surface area (Å²) in [5.41, 5.74) is -1.21. The molecule has 0 bridgehead atoms. The Hall–Kier alpha value is -0.750. The third kappa shape index (κ3) is 2.19. The monoisotopic (exact) mass is 285 g/mol. The van der Waals surface area contributed by atoms with Crippen molar-refractivity contribution in [1.29, 1.82) is 0 Å². The van der Waals surface area contributed by atoms with Crippen LogP contribution in [0.4, 0.5) is 8.78 Å². The van der Waals surface area contributed by atoms with Crippen molar-refractivity contribution >= 4 is 32.8 Å². The van der Waals surface area contributed by atoms with Gasteiger partial charge in [-0.2, -0.15) is 0 Å². The first-order valence-corrected chi connectivity index (χ1v) is 4.48. The Morgan fingerprint density at radius 2 is 2.21 bits per heavy atom. The molecule has 0 aromatic carbocycles. The van der Waals surface area contributed by atoms with Crippen LogP contribution in [-0.2, 0) is 0 Å². The van der Waals surface area contributed by atoms with E-state index in [1.165, 1.54) is 0 Å². The summed E-state index contributed by atoms with van der Waals surface area (Å²) in [5.74, 6) is -0.693. The molecule has 0 saturated heterocycles. The summed E-state index contributed by atoms with van der Waals surface area (Å²) in [5, 5.41) is 8.17. The zero-order chi connectivity index (χ0) is 10.9. The second-order valence-corrected chi connectivity index (χ2v) is 3.50. The van der Waals surface area contributed by atoms with Gasteiger partial charge in [-0.3, -0.25) is 4.79 Å². The van der Waals surface area contributed by atoms with E-state index in [9.17, 15) is 13.6 Å². The van der Waals surface area contributed by atoms with Crippen LogP contribution in [0.3, 0.4) is 0 Å². The Balaban J connectivity index is 3.35. The lowest BCUT2D eigenvalue weighted by molar-refractivity contribution is 0.107. The van der Waals surface area contributed by atoms with Crippen molar-refractivity contribution in [2.45, 2.75) is 6.43 Å². The van der Waals surface area contributed by atoms with E-state index in [-0.39, 0.29) is 10.2 Å². The van der Waals surface area contributed by atoms with Gasteiger partial charge >= 0.3 is 0 Å². The minimum Gasteiger partial charge on any atom is -0.505 e. The molecule has 1 N–H and O–H groups in total. The van der Waals surface area contributed by atoms with Gasteiger partial charge in [0.15, 0.2) is 5.75 Å². The molecular weight excluding hydrogens is 283 g/mol.